The predicted octanol–water partition coefficient (Wildman–Crippen LogP) is 2.36. The maximum absolute atomic E-state index is 12.3. The largest absolute Gasteiger partial charge is 0.480 e. The smallest absolute Gasteiger partial charge is 0.326 e. The van der Waals surface area contributed by atoms with E-state index in [2.05, 4.69) is 15.6 Å². The van der Waals surface area contributed by atoms with Gasteiger partial charge in [0.15, 0.2) is 0 Å². The summed E-state index contributed by atoms with van der Waals surface area (Å²) in [6, 6.07) is 6.27. The molecule has 0 saturated heterocycles. The van der Waals surface area contributed by atoms with Gasteiger partial charge in [-0.25, -0.2) is 4.79 Å². The fraction of sp³-hybridized carbons (Fsp3) is 0.476. The summed E-state index contributed by atoms with van der Waals surface area (Å²) < 4.78 is 0. The van der Waals surface area contributed by atoms with Crippen LogP contribution in [0.25, 0.3) is 10.9 Å². The van der Waals surface area contributed by atoms with Crippen molar-refractivity contribution in [1.82, 2.24) is 15.6 Å². The highest BCUT2D eigenvalue weighted by Crippen LogP contribution is 2.24. The molecule has 1 heterocycles. The van der Waals surface area contributed by atoms with E-state index in [0.29, 0.717) is 0 Å². The number of aromatic nitrogens is 1. The average Bonchev–Trinajstić information content (AvgIpc) is 3.31. The Kier molecular flexibility index (Phi) is 6.34. The van der Waals surface area contributed by atoms with Gasteiger partial charge in [0.25, 0.3) is 0 Å². The molecule has 7 heteroatoms. The quantitative estimate of drug-likeness (QED) is 0.559. The molecule has 0 spiro atoms. The third-order valence-electron chi connectivity index (χ3n) is 5.34. The lowest BCUT2D eigenvalue weighted by molar-refractivity contribution is -0.142. The first kappa shape index (κ1) is 19.9. The van der Waals surface area contributed by atoms with Crippen molar-refractivity contribution < 1.29 is 19.5 Å². The molecular formula is C21H27N3O4. The molecule has 2 unspecified atom stereocenters. The van der Waals surface area contributed by atoms with Crippen LogP contribution < -0.4 is 10.6 Å². The summed E-state index contributed by atoms with van der Waals surface area (Å²) in [4.78, 5) is 39.2. The second-order valence-corrected chi connectivity index (χ2v) is 7.62. The highest BCUT2D eigenvalue weighted by Gasteiger charge is 2.26. The van der Waals surface area contributed by atoms with Gasteiger partial charge in [0.1, 0.15) is 6.04 Å². The van der Waals surface area contributed by atoms with Crippen molar-refractivity contribution in [1.29, 1.82) is 0 Å². The van der Waals surface area contributed by atoms with E-state index in [1.54, 1.807) is 13.1 Å². The topological polar surface area (TPSA) is 111 Å². The summed E-state index contributed by atoms with van der Waals surface area (Å²) in [6.07, 6.45) is 5.95. The van der Waals surface area contributed by atoms with Gasteiger partial charge in [-0.1, -0.05) is 31.0 Å². The van der Waals surface area contributed by atoms with E-state index >= 15 is 0 Å². The van der Waals surface area contributed by atoms with Crippen LogP contribution in [0.5, 0.6) is 0 Å². The first-order valence-corrected chi connectivity index (χ1v) is 9.81. The number of amides is 2. The molecule has 0 bridgehead atoms. The Balaban J connectivity index is 1.55. The monoisotopic (exact) mass is 385 g/mol. The molecule has 0 aliphatic heterocycles. The lowest BCUT2D eigenvalue weighted by atomic mass is 10.0. The van der Waals surface area contributed by atoms with Gasteiger partial charge in [0, 0.05) is 41.9 Å². The van der Waals surface area contributed by atoms with E-state index in [1.165, 1.54) is 0 Å². The number of carboxylic acid groups (broad SMARTS) is 1. The van der Waals surface area contributed by atoms with Gasteiger partial charge >= 0.3 is 5.97 Å². The lowest BCUT2D eigenvalue weighted by Gasteiger charge is -2.19. The van der Waals surface area contributed by atoms with Crippen LogP contribution >= 0.6 is 0 Å². The summed E-state index contributed by atoms with van der Waals surface area (Å²) in [6.45, 7) is 1.77. The van der Waals surface area contributed by atoms with Crippen LogP contribution in [0.2, 0.25) is 0 Å². The maximum Gasteiger partial charge on any atom is 0.326 e. The number of para-hydroxylation sites is 1. The van der Waals surface area contributed by atoms with Crippen LogP contribution in [-0.4, -0.2) is 40.0 Å². The zero-order valence-corrected chi connectivity index (χ0v) is 16.0. The van der Waals surface area contributed by atoms with Crippen molar-refractivity contribution in [2.45, 2.75) is 57.5 Å². The summed E-state index contributed by atoms with van der Waals surface area (Å²) in [5, 5.41) is 15.9. The highest BCUT2D eigenvalue weighted by molar-refractivity contribution is 5.87. The lowest BCUT2D eigenvalue weighted by Crippen LogP contribution is -2.45. The Hall–Kier alpha value is -2.83. The minimum absolute atomic E-state index is 0.00798. The number of hydrogen-bond acceptors (Lipinski definition) is 3. The van der Waals surface area contributed by atoms with Gasteiger partial charge in [-0.15, -0.1) is 0 Å². The fourth-order valence-electron chi connectivity index (χ4n) is 3.85. The molecular weight excluding hydrogens is 358 g/mol. The van der Waals surface area contributed by atoms with E-state index in [9.17, 15) is 19.5 Å². The van der Waals surface area contributed by atoms with E-state index < -0.39 is 12.0 Å². The summed E-state index contributed by atoms with van der Waals surface area (Å²) in [7, 11) is 0. The van der Waals surface area contributed by atoms with Gasteiger partial charge < -0.3 is 20.7 Å². The number of nitrogens with one attached hydrogen (secondary N) is 3. The van der Waals surface area contributed by atoms with Crippen molar-refractivity contribution in [2.24, 2.45) is 5.92 Å². The van der Waals surface area contributed by atoms with Gasteiger partial charge in [-0.05, 0) is 31.4 Å². The summed E-state index contributed by atoms with van der Waals surface area (Å²) >= 11 is 0. The predicted molar refractivity (Wildman–Crippen MR) is 106 cm³/mol. The van der Waals surface area contributed by atoms with Gasteiger partial charge in [0.2, 0.25) is 11.8 Å². The number of carboxylic acids is 1. The molecule has 2 amide bonds. The Morgan fingerprint density at radius 3 is 2.61 bits per heavy atom. The normalized spacial score (nSPS) is 16.6. The molecule has 28 heavy (non-hydrogen) atoms. The third-order valence-corrected chi connectivity index (χ3v) is 5.34. The molecule has 1 aromatic carbocycles. The molecule has 150 valence electrons. The van der Waals surface area contributed by atoms with Gasteiger partial charge in [0.05, 0.1) is 0 Å². The minimum Gasteiger partial charge on any atom is -0.480 e. The maximum atomic E-state index is 12.3. The number of benzene rings is 1. The SMILES string of the molecule is CC(CC(=O)NC(Cc1c[nH]c2ccccc12)C(=O)O)NC(=O)C1CCCC1. The first-order chi connectivity index (χ1) is 13.4. The molecule has 4 N–H and O–H groups in total. The zero-order valence-electron chi connectivity index (χ0n) is 16.0. The van der Waals surface area contributed by atoms with Crippen LogP contribution in [0.3, 0.4) is 0 Å². The molecule has 2 aromatic rings. The van der Waals surface area contributed by atoms with Crippen LogP contribution in [0, 0.1) is 5.92 Å². The molecule has 1 fully saturated rings. The molecule has 3 rings (SSSR count). The van der Waals surface area contributed by atoms with Crippen LogP contribution in [0.1, 0.15) is 44.6 Å². The number of rotatable bonds is 8. The highest BCUT2D eigenvalue weighted by atomic mass is 16.4. The molecule has 1 aliphatic carbocycles. The Bertz CT molecular complexity index is 854. The van der Waals surface area contributed by atoms with Crippen molar-refractivity contribution >= 4 is 28.7 Å². The van der Waals surface area contributed by atoms with E-state index in [0.717, 1.165) is 42.1 Å². The van der Waals surface area contributed by atoms with Gasteiger partial charge in [-0.3, -0.25) is 9.59 Å². The number of H-pyrrole nitrogens is 1. The van der Waals surface area contributed by atoms with Crippen molar-refractivity contribution in [3.63, 3.8) is 0 Å². The van der Waals surface area contributed by atoms with E-state index in [1.807, 2.05) is 24.3 Å². The summed E-state index contributed by atoms with van der Waals surface area (Å²) in [5.74, 6) is -1.43. The number of carbonyl (C=O) groups excluding carboxylic acids is 2. The molecule has 7 nitrogen and oxygen atoms in total. The van der Waals surface area contributed by atoms with Gasteiger partial charge in [-0.2, -0.15) is 0 Å². The standard InChI is InChI=1S/C21H27N3O4/c1-13(23-20(26)14-6-2-3-7-14)10-19(25)24-18(21(27)28)11-15-12-22-17-9-5-4-8-16(15)17/h4-5,8-9,12-14,18,22H,2-3,6-7,10-11H2,1H3,(H,23,26)(H,24,25)(H,27,28). The van der Waals surface area contributed by atoms with Crippen LogP contribution in [0.4, 0.5) is 0 Å². The van der Waals surface area contributed by atoms with E-state index in [4.69, 9.17) is 0 Å². The molecule has 1 aliphatic rings. The fourth-order valence-corrected chi connectivity index (χ4v) is 3.85. The minimum atomic E-state index is -1.08. The molecule has 0 radical (unpaired) electrons. The average molecular weight is 385 g/mol. The van der Waals surface area contributed by atoms with Crippen molar-refractivity contribution in [2.75, 3.05) is 0 Å². The number of hydrogen-bond donors (Lipinski definition) is 4. The molecule has 1 saturated carbocycles. The Labute approximate surface area is 163 Å². The Morgan fingerprint density at radius 1 is 1.18 bits per heavy atom. The van der Waals surface area contributed by atoms with Crippen molar-refractivity contribution in [3.05, 3.63) is 36.0 Å². The molecule has 1 aromatic heterocycles. The second kappa shape index (κ2) is 8.91. The third kappa shape index (κ3) is 4.91. The zero-order chi connectivity index (χ0) is 20.1. The number of aromatic amines is 1. The number of carbonyl (C=O) groups is 3. The van der Waals surface area contributed by atoms with E-state index in [-0.39, 0.29) is 36.6 Å². The Morgan fingerprint density at radius 2 is 1.89 bits per heavy atom. The van der Waals surface area contributed by atoms with Crippen LogP contribution in [-0.2, 0) is 20.8 Å². The summed E-state index contributed by atoms with van der Waals surface area (Å²) in [5.41, 5.74) is 1.77. The second-order valence-electron chi connectivity index (χ2n) is 7.62. The molecule has 2 atom stereocenters. The number of fused-ring (bicyclic) bond motifs is 1. The first-order valence-electron chi connectivity index (χ1n) is 9.81. The van der Waals surface area contributed by atoms with Crippen LogP contribution in [0.15, 0.2) is 30.5 Å². The number of aliphatic carboxylic acids is 1. The van der Waals surface area contributed by atoms with Crippen molar-refractivity contribution in [3.8, 4) is 0 Å².